The molecule has 39 heavy (non-hydrogen) atoms. The minimum absolute atomic E-state index is 0.133. The van der Waals surface area contributed by atoms with Crippen molar-refractivity contribution in [3.8, 4) is 0 Å². The van der Waals surface area contributed by atoms with Crippen molar-refractivity contribution in [3.05, 3.63) is 112 Å². The number of carbonyl (C=O) groups is 3. The maximum Gasteiger partial charge on any atom is 0.325 e. The molecule has 0 spiro atoms. The molecule has 0 bridgehead atoms. The lowest BCUT2D eigenvalue weighted by Gasteiger charge is -2.56. The Morgan fingerprint density at radius 1 is 0.897 bits per heavy atom. The molecule has 3 aromatic rings. The minimum Gasteiger partial charge on any atom is -0.468 e. The first-order valence-electron chi connectivity index (χ1n) is 12.2. The van der Waals surface area contributed by atoms with Crippen LogP contribution in [-0.2, 0) is 19.1 Å². The topological polar surface area (TPSA) is 119 Å². The number of ether oxygens (including phenoxy) is 2. The maximum atomic E-state index is 14.2. The number of hydrogen-bond acceptors (Lipinski definition) is 8. The number of nitro groups is 1. The highest BCUT2D eigenvalue weighted by atomic mass is 16.6. The van der Waals surface area contributed by atoms with E-state index in [0.29, 0.717) is 16.8 Å². The number of anilines is 1. The number of hydrogen-bond donors (Lipinski definition) is 0. The van der Waals surface area contributed by atoms with Gasteiger partial charge in [0, 0.05) is 24.1 Å². The number of para-hydroxylation sites is 1. The van der Waals surface area contributed by atoms with Crippen molar-refractivity contribution in [2.45, 2.75) is 18.5 Å². The molecule has 1 saturated heterocycles. The van der Waals surface area contributed by atoms with E-state index in [1.807, 2.05) is 12.1 Å². The molecule has 0 aromatic heterocycles. The van der Waals surface area contributed by atoms with Crippen LogP contribution < -0.4 is 5.01 Å². The summed E-state index contributed by atoms with van der Waals surface area (Å²) >= 11 is 0. The van der Waals surface area contributed by atoms with E-state index < -0.39 is 34.4 Å². The first-order chi connectivity index (χ1) is 18.8. The second-order valence-electron chi connectivity index (χ2n) is 9.25. The highest BCUT2D eigenvalue weighted by Crippen LogP contribution is 2.51. The normalized spacial score (nSPS) is 18.9. The van der Waals surface area contributed by atoms with Gasteiger partial charge in [0.25, 0.3) is 11.6 Å². The van der Waals surface area contributed by atoms with Gasteiger partial charge < -0.3 is 9.47 Å². The summed E-state index contributed by atoms with van der Waals surface area (Å²) in [5.41, 5.74) is 0.261. The molecule has 2 aliphatic rings. The Morgan fingerprint density at radius 3 is 2.13 bits per heavy atom. The lowest BCUT2D eigenvalue weighted by Crippen LogP contribution is -2.68. The summed E-state index contributed by atoms with van der Waals surface area (Å²) in [5, 5.41) is 14.5. The summed E-state index contributed by atoms with van der Waals surface area (Å²) in [7, 11) is 2.39. The summed E-state index contributed by atoms with van der Waals surface area (Å²) < 4.78 is 10.4. The predicted molar refractivity (Wildman–Crippen MR) is 141 cm³/mol. The second-order valence-corrected chi connectivity index (χ2v) is 9.25. The standard InChI is InChI=1S/C29H25N3O7/c1-38-27(34)29(28(35)39-2)18-24(20-12-15-22(16-13-20)32(36)37)31(26(33)21-9-4-3-5-10-21)30-23-11-7-6-8-19(23)14-17-25(29)30/h3-17,24-25H,18H2,1-2H3/t24-,25-/m0/s1. The first kappa shape index (κ1) is 25.7. The van der Waals surface area contributed by atoms with Crippen LogP contribution in [0.5, 0.6) is 0 Å². The van der Waals surface area contributed by atoms with E-state index in [0.717, 1.165) is 5.56 Å². The Labute approximate surface area is 224 Å². The molecule has 198 valence electrons. The van der Waals surface area contributed by atoms with E-state index in [9.17, 15) is 24.5 Å². The van der Waals surface area contributed by atoms with Crippen LogP contribution in [0.15, 0.2) is 84.9 Å². The zero-order valence-electron chi connectivity index (χ0n) is 21.2. The van der Waals surface area contributed by atoms with Gasteiger partial charge in [0.1, 0.15) is 0 Å². The molecule has 1 fully saturated rings. The largest absolute Gasteiger partial charge is 0.468 e. The quantitative estimate of drug-likeness (QED) is 0.208. The number of carbonyl (C=O) groups excluding carboxylic acids is 3. The van der Waals surface area contributed by atoms with Gasteiger partial charge in [-0.05, 0) is 29.3 Å². The van der Waals surface area contributed by atoms with E-state index >= 15 is 0 Å². The monoisotopic (exact) mass is 527 g/mol. The maximum absolute atomic E-state index is 14.2. The van der Waals surface area contributed by atoms with Crippen LogP contribution in [0.25, 0.3) is 6.08 Å². The molecule has 0 saturated carbocycles. The molecule has 0 radical (unpaired) electrons. The smallest absolute Gasteiger partial charge is 0.325 e. The first-order valence-corrected chi connectivity index (χ1v) is 12.2. The summed E-state index contributed by atoms with van der Waals surface area (Å²) in [5.74, 6) is -2.00. The third kappa shape index (κ3) is 4.10. The Balaban J connectivity index is 1.79. The van der Waals surface area contributed by atoms with Crippen LogP contribution in [0.3, 0.4) is 0 Å². The van der Waals surface area contributed by atoms with Crippen LogP contribution in [-0.4, -0.2) is 48.0 Å². The van der Waals surface area contributed by atoms with Crippen LogP contribution in [0, 0.1) is 15.5 Å². The Morgan fingerprint density at radius 2 is 1.51 bits per heavy atom. The van der Waals surface area contributed by atoms with Gasteiger partial charge >= 0.3 is 11.9 Å². The second kappa shape index (κ2) is 10.1. The number of hydrazine groups is 1. The summed E-state index contributed by atoms with van der Waals surface area (Å²) in [6, 6.07) is 19.8. The number of methoxy groups -OCH3 is 2. The summed E-state index contributed by atoms with van der Waals surface area (Å²) in [4.78, 5) is 52.1. The van der Waals surface area contributed by atoms with Gasteiger partial charge in [0.2, 0.25) is 0 Å². The number of nitrogens with zero attached hydrogens (tertiary/aromatic N) is 3. The molecule has 2 aliphatic heterocycles. The zero-order valence-corrected chi connectivity index (χ0v) is 21.2. The van der Waals surface area contributed by atoms with Gasteiger partial charge in [-0.15, -0.1) is 0 Å². The van der Waals surface area contributed by atoms with E-state index in [-0.39, 0.29) is 18.0 Å². The predicted octanol–water partition coefficient (Wildman–Crippen LogP) is 4.33. The third-order valence-corrected chi connectivity index (χ3v) is 7.27. The fourth-order valence-corrected chi connectivity index (χ4v) is 5.43. The van der Waals surface area contributed by atoms with Crippen LogP contribution in [0.4, 0.5) is 11.4 Å². The van der Waals surface area contributed by atoms with Crippen molar-refractivity contribution in [3.63, 3.8) is 0 Å². The number of fused-ring (bicyclic) bond motifs is 3. The lowest BCUT2D eigenvalue weighted by molar-refractivity contribution is -0.384. The van der Waals surface area contributed by atoms with Gasteiger partial charge in [-0.3, -0.25) is 29.5 Å². The molecular formula is C29H25N3O7. The van der Waals surface area contributed by atoms with Gasteiger partial charge in [0.15, 0.2) is 5.41 Å². The van der Waals surface area contributed by atoms with Crippen molar-refractivity contribution >= 4 is 35.3 Å². The van der Waals surface area contributed by atoms with Crippen LogP contribution >= 0.6 is 0 Å². The van der Waals surface area contributed by atoms with Crippen LogP contribution in [0.2, 0.25) is 0 Å². The molecule has 2 heterocycles. The van der Waals surface area contributed by atoms with E-state index in [1.54, 1.807) is 59.6 Å². The van der Waals surface area contributed by atoms with Gasteiger partial charge in [0.05, 0.1) is 36.9 Å². The molecule has 3 aromatic carbocycles. The Kier molecular flexibility index (Phi) is 6.61. The molecule has 5 rings (SSSR count). The number of nitro benzene ring substituents is 1. The summed E-state index contributed by atoms with van der Waals surface area (Å²) in [6.45, 7) is 0. The van der Waals surface area contributed by atoms with Crippen molar-refractivity contribution in [1.82, 2.24) is 5.01 Å². The number of non-ortho nitro benzene ring substituents is 1. The molecule has 2 atom stereocenters. The average Bonchev–Trinajstić information content (AvgIpc) is 2.99. The Hall–Kier alpha value is -4.99. The van der Waals surface area contributed by atoms with Crippen molar-refractivity contribution < 1.29 is 28.8 Å². The molecule has 10 nitrogen and oxygen atoms in total. The lowest BCUT2D eigenvalue weighted by atomic mass is 9.70. The van der Waals surface area contributed by atoms with Gasteiger partial charge in [-0.25, -0.2) is 5.01 Å². The minimum atomic E-state index is -1.85. The van der Waals surface area contributed by atoms with Gasteiger partial charge in [-0.1, -0.05) is 60.7 Å². The van der Waals surface area contributed by atoms with Gasteiger partial charge in [-0.2, -0.15) is 0 Å². The van der Waals surface area contributed by atoms with E-state index in [2.05, 4.69) is 0 Å². The number of esters is 2. The van der Waals surface area contributed by atoms with Crippen molar-refractivity contribution in [2.24, 2.45) is 5.41 Å². The SMILES string of the molecule is COC(=O)C1(C(=O)OC)C[C@@H](c2ccc([N+](=O)[O-])cc2)N(C(=O)c2ccccc2)N2c3ccccc3C=C[C@H]21. The molecule has 0 aliphatic carbocycles. The fraction of sp³-hybridized carbons (Fsp3) is 0.207. The number of rotatable bonds is 5. The third-order valence-electron chi connectivity index (χ3n) is 7.27. The molecular weight excluding hydrogens is 502 g/mol. The molecule has 0 N–H and O–H groups in total. The van der Waals surface area contributed by atoms with E-state index in [4.69, 9.17) is 9.47 Å². The van der Waals surface area contributed by atoms with Crippen molar-refractivity contribution in [2.75, 3.05) is 19.2 Å². The molecule has 0 unspecified atom stereocenters. The fourth-order valence-electron chi connectivity index (χ4n) is 5.43. The molecule has 10 heteroatoms. The van der Waals surface area contributed by atoms with Crippen LogP contribution in [0.1, 0.15) is 33.9 Å². The number of benzene rings is 3. The Bertz CT molecular complexity index is 1450. The van der Waals surface area contributed by atoms with E-state index in [1.165, 1.54) is 43.5 Å². The van der Waals surface area contributed by atoms with Crippen molar-refractivity contribution in [1.29, 1.82) is 0 Å². The highest BCUT2D eigenvalue weighted by molar-refractivity contribution is 6.04. The average molecular weight is 528 g/mol. The summed E-state index contributed by atoms with van der Waals surface area (Å²) in [6.07, 6.45) is 3.32. The molecule has 1 amide bonds. The zero-order chi connectivity index (χ0) is 27.7. The number of amides is 1. The highest BCUT2D eigenvalue weighted by Gasteiger charge is 2.63.